The lowest BCUT2D eigenvalue weighted by atomic mass is 9.92. The second-order valence-corrected chi connectivity index (χ2v) is 6.40. The molecule has 0 radical (unpaired) electrons. The zero-order chi connectivity index (χ0) is 17.7. The fourth-order valence-electron chi connectivity index (χ4n) is 2.58. The van der Waals surface area contributed by atoms with Gasteiger partial charge in [0.05, 0.1) is 0 Å². The molecule has 0 saturated heterocycles. The molecule has 4 nitrogen and oxygen atoms in total. The summed E-state index contributed by atoms with van der Waals surface area (Å²) in [5, 5.41) is 5.42. The molecular formula is C20H24N2O2. The number of para-hydroxylation sites is 2. The highest BCUT2D eigenvalue weighted by Gasteiger charge is 2.20. The van der Waals surface area contributed by atoms with Crippen molar-refractivity contribution in [3.8, 4) is 0 Å². The van der Waals surface area contributed by atoms with E-state index in [2.05, 4.69) is 38.3 Å². The fraction of sp³-hybridized carbons (Fsp3) is 0.300. The monoisotopic (exact) mass is 324 g/mol. The Kier molecular flexibility index (Phi) is 5.74. The predicted octanol–water partition coefficient (Wildman–Crippen LogP) is 4.51. The van der Waals surface area contributed by atoms with Gasteiger partial charge in [-0.3, -0.25) is 9.59 Å². The standard InChI is InChI=1S/C20H24N2O2/c1-13(2)16-11-8-12-17(14(3)4)18(16)22-20(24)19(23)21-15-9-6-5-7-10-15/h5-14H,1-4H3,(H,21,23)(H,22,24). The average Bonchev–Trinajstić information content (AvgIpc) is 2.55. The van der Waals surface area contributed by atoms with Crippen LogP contribution < -0.4 is 10.6 Å². The third kappa shape index (κ3) is 4.22. The number of hydrogen-bond acceptors (Lipinski definition) is 2. The van der Waals surface area contributed by atoms with Crippen LogP contribution in [0.25, 0.3) is 0 Å². The molecule has 0 aliphatic rings. The highest BCUT2D eigenvalue weighted by Crippen LogP contribution is 2.32. The van der Waals surface area contributed by atoms with Gasteiger partial charge in [-0.25, -0.2) is 0 Å². The van der Waals surface area contributed by atoms with Crippen molar-refractivity contribution in [3.05, 3.63) is 59.7 Å². The van der Waals surface area contributed by atoms with Crippen molar-refractivity contribution in [1.29, 1.82) is 0 Å². The molecule has 0 aliphatic carbocycles. The van der Waals surface area contributed by atoms with Crippen molar-refractivity contribution in [3.63, 3.8) is 0 Å². The maximum absolute atomic E-state index is 12.3. The summed E-state index contributed by atoms with van der Waals surface area (Å²) >= 11 is 0. The molecule has 0 saturated carbocycles. The van der Waals surface area contributed by atoms with Gasteiger partial charge >= 0.3 is 11.8 Å². The molecule has 0 spiro atoms. The molecule has 2 amide bonds. The van der Waals surface area contributed by atoms with Gasteiger partial charge in [0.2, 0.25) is 0 Å². The molecule has 2 rings (SSSR count). The summed E-state index contributed by atoms with van der Waals surface area (Å²) < 4.78 is 0. The minimum absolute atomic E-state index is 0.246. The lowest BCUT2D eigenvalue weighted by molar-refractivity contribution is -0.133. The zero-order valence-electron chi connectivity index (χ0n) is 14.6. The molecule has 2 aromatic carbocycles. The van der Waals surface area contributed by atoms with Crippen LogP contribution in [0.15, 0.2) is 48.5 Å². The molecule has 0 fully saturated rings. The number of hydrogen-bond donors (Lipinski definition) is 2. The van der Waals surface area contributed by atoms with Crippen LogP contribution in [0, 0.1) is 0 Å². The first-order valence-electron chi connectivity index (χ1n) is 8.20. The van der Waals surface area contributed by atoms with Gasteiger partial charge in [0.25, 0.3) is 0 Å². The van der Waals surface area contributed by atoms with Gasteiger partial charge in [-0.05, 0) is 35.1 Å². The summed E-state index contributed by atoms with van der Waals surface area (Å²) in [6, 6.07) is 14.9. The summed E-state index contributed by atoms with van der Waals surface area (Å²) in [6.45, 7) is 8.27. The third-order valence-corrected chi connectivity index (χ3v) is 3.85. The Morgan fingerprint density at radius 3 is 1.71 bits per heavy atom. The Balaban J connectivity index is 2.23. The molecule has 0 aromatic heterocycles. The van der Waals surface area contributed by atoms with E-state index in [1.807, 2.05) is 24.3 Å². The van der Waals surface area contributed by atoms with E-state index >= 15 is 0 Å². The van der Waals surface area contributed by atoms with Crippen LogP contribution in [0.5, 0.6) is 0 Å². The van der Waals surface area contributed by atoms with Crippen LogP contribution in [0.3, 0.4) is 0 Å². The summed E-state index contributed by atoms with van der Waals surface area (Å²) in [7, 11) is 0. The van der Waals surface area contributed by atoms with Crippen LogP contribution in [0.1, 0.15) is 50.7 Å². The highest BCUT2D eigenvalue weighted by molar-refractivity contribution is 6.43. The van der Waals surface area contributed by atoms with Gasteiger partial charge in [-0.2, -0.15) is 0 Å². The first-order valence-corrected chi connectivity index (χ1v) is 8.20. The quantitative estimate of drug-likeness (QED) is 0.813. The number of benzene rings is 2. The van der Waals surface area contributed by atoms with Crippen LogP contribution in [-0.2, 0) is 9.59 Å². The average molecular weight is 324 g/mol. The SMILES string of the molecule is CC(C)c1cccc(C(C)C)c1NC(=O)C(=O)Nc1ccccc1. The number of carbonyl (C=O) groups excluding carboxylic acids is 2. The number of carbonyl (C=O) groups is 2. The van der Waals surface area contributed by atoms with Gasteiger partial charge in [0.15, 0.2) is 0 Å². The molecular weight excluding hydrogens is 300 g/mol. The van der Waals surface area contributed by atoms with E-state index in [1.165, 1.54) is 0 Å². The third-order valence-electron chi connectivity index (χ3n) is 3.85. The number of nitrogens with one attached hydrogen (secondary N) is 2. The Morgan fingerprint density at radius 1 is 0.708 bits per heavy atom. The largest absolute Gasteiger partial charge is 0.318 e. The summed E-state index contributed by atoms with van der Waals surface area (Å²) in [5.74, 6) is -0.837. The lowest BCUT2D eigenvalue weighted by Crippen LogP contribution is -2.30. The van der Waals surface area contributed by atoms with E-state index in [-0.39, 0.29) is 11.8 Å². The van der Waals surface area contributed by atoms with Crippen molar-refractivity contribution in [1.82, 2.24) is 0 Å². The van der Waals surface area contributed by atoms with Gasteiger partial charge in [-0.1, -0.05) is 64.1 Å². The Hall–Kier alpha value is -2.62. The van der Waals surface area contributed by atoms with Crippen LogP contribution in [0.2, 0.25) is 0 Å². The van der Waals surface area contributed by atoms with Gasteiger partial charge in [0, 0.05) is 11.4 Å². The first-order chi connectivity index (χ1) is 11.4. The highest BCUT2D eigenvalue weighted by atomic mass is 16.2. The van der Waals surface area contributed by atoms with E-state index in [9.17, 15) is 9.59 Å². The maximum atomic E-state index is 12.3. The van der Waals surface area contributed by atoms with E-state index in [0.29, 0.717) is 5.69 Å². The molecule has 0 bridgehead atoms. The van der Waals surface area contributed by atoms with Crippen molar-refractivity contribution in [2.75, 3.05) is 10.6 Å². The van der Waals surface area contributed by atoms with Gasteiger partial charge < -0.3 is 10.6 Å². The van der Waals surface area contributed by atoms with E-state index in [0.717, 1.165) is 16.8 Å². The maximum Gasteiger partial charge on any atom is 0.314 e. The van der Waals surface area contributed by atoms with Crippen LogP contribution in [-0.4, -0.2) is 11.8 Å². The van der Waals surface area contributed by atoms with Crippen molar-refractivity contribution in [2.45, 2.75) is 39.5 Å². The smallest absolute Gasteiger partial charge is 0.314 e. The van der Waals surface area contributed by atoms with E-state index < -0.39 is 11.8 Å². The predicted molar refractivity (Wildman–Crippen MR) is 98.3 cm³/mol. The van der Waals surface area contributed by atoms with Crippen molar-refractivity contribution in [2.24, 2.45) is 0 Å². The summed E-state index contributed by atoms with van der Waals surface area (Å²) in [4.78, 5) is 24.5. The molecule has 4 heteroatoms. The van der Waals surface area contributed by atoms with Gasteiger partial charge in [-0.15, -0.1) is 0 Å². The van der Waals surface area contributed by atoms with E-state index in [1.54, 1.807) is 24.3 Å². The molecule has 126 valence electrons. The number of rotatable bonds is 4. The minimum Gasteiger partial charge on any atom is -0.318 e. The van der Waals surface area contributed by atoms with Crippen molar-refractivity contribution < 1.29 is 9.59 Å². The molecule has 0 aliphatic heterocycles. The second kappa shape index (κ2) is 7.77. The van der Waals surface area contributed by atoms with Crippen LogP contribution in [0.4, 0.5) is 11.4 Å². The summed E-state index contributed by atoms with van der Waals surface area (Å²) in [5.41, 5.74) is 3.40. The normalized spacial score (nSPS) is 10.8. The zero-order valence-corrected chi connectivity index (χ0v) is 14.6. The molecule has 0 atom stereocenters. The molecule has 24 heavy (non-hydrogen) atoms. The minimum atomic E-state index is -0.672. The molecule has 0 heterocycles. The van der Waals surface area contributed by atoms with Crippen LogP contribution >= 0.6 is 0 Å². The van der Waals surface area contributed by atoms with Gasteiger partial charge in [0.1, 0.15) is 0 Å². The number of amides is 2. The second-order valence-electron chi connectivity index (χ2n) is 6.40. The Morgan fingerprint density at radius 2 is 1.21 bits per heavy atom. The lowest BCUT2D eigenvalue weighted by Gasteiger charge is -2.20. The summed E-state index contributed by atoms with van der Waals surface area (Å²) in [6.07, 6.45) is 0. The first kappa shape index (κ1) is 17.7. The molecule has 2 N–H and O–H groups in total. The fourth-order valence-corrected chi connectivity index (χ4v) is 2.58. The Bertz CT molecular complexity index is 695. The van der Waals surface area contributed by atoms with E-state index in [4.69, 9.17) is 0 Å². The molecule has 0 unspecified atom stereocenters. The van der Waals surface area contributed by atoms with Crippen molar-refractivity contribution >= 4 is 23.2 Å². The number of anilines is 2. The Labute approximate surface area is 143 Å². The topological polar surface area (TPSA) is 58.2 Å². The molecule has 2 aromatic rings.